The predicted molar refractivity (Wildman–Crippen MR) is 80.4 cm³/mol. The number of benzene rings is 1. The van der Waals surface area contributed by atoms with Crippen LogP contribution in [0.25, 0.3) is 10.9 Å². The van der Waals surface area contributed by atoms with Gasteiger partial charge in [0.05, 0.1) is 0 Å². The normalized spacial score (nSPS) is 16.4. The Morgan fingerprint density at radius 2 is 2.10 bits per heavy atom. The lowest BCUT2D eigenvalue weighted by atomic mass is 10.1. The number of fused-ring (bicyclic) bond motifs is 1. The van der Waals surface area contributed by atoms with Crippen molar-refractivity contribution in [2.45, 2.75) is 24.5 Å². The molecule has 1 N–H and O–H groups in total. The van der Waals surface area contributed by atoms with Gasteiger partial charge in [0.25, 0.3) is 0 Å². The van der Waals surface area contributed by atoms with E-state index in [1.807, 2.05) is 17.8 Å². The average Bonchev–Trinajstić information content (AvgIpc) is 3.21. The molecule has 2 nitrogen and oxygen atoms in total. The van der Waals surface area contributed by atoms with Gasteiger partial charge in [0.15, 0.2) is 11.6 Å². The van der Waals surface area contributed by atoms with Crippen molar-refractivity contribution in [2.24, 2.45) is 0 Å². The summed E-state index contributed by atoms with van der Waals surface area (Å²) >= 11 is 1.86. The number of hydrogen-bond donors (Lipinski definition) is 1. The molecule has 0 saturated heterocycles. The Labute approximate surface area is 121 Å². The zero-order chi connectivity index (χ0) is 14.3. The van der Waals surface area contributed by atoms with Crippen molar-refractivity contribution in [3.05, 3.63) is 35.5 Å². The SMILES string of the molecule is CSC1(CNc2cc(C)nc3c(F)c(F)ccc23)CC1. The molecule has 1 saturated carbocycles. The van der Waals surface area contributed by atoms with Crippen LogP contribution in [0.2, 0.25) is 0 Å². The number of aromatic nitrogens is 1. The molecule has 0 spiro atoms. The second-order valence-corrected chi connectivity index (χ2v) is 6.58. The van der Waals surface area contributed by atoms with Crippen molar-refractivity contribution in [2.75, 3.05) is 18.1 Å². The summed E-state index contributed by atoms with van der Waals surface area (Å²) in [5, 5.41) is 4.01. The summed E-state index contributed by atoms with van der Waals surface area (Å²) in [6, 6.07) is 4.62. The zero-order valence-corrected chi connectivity index (χ0v) is 12.3. The summed E-state index contributed by atoms with van der Waals surface area (Å²) in [6.45, 7) is 2.63. The van der Waals surface area contributed by atoms with Gasteiger partial charge in [-0.05, 0) is 44.2 Å². The first-order chi connectivity index (χ1) is 9.54. The van der Waals surface area contributed by atoms with Crippen LogP contribution < -0.4 is 5.32 Å². The molecule has 0 bridgehead atoms. The molecule has 106 valence electrons. The third-order valence-electron chi connectivity index (χ3n) is 3.84. The van der Waals surface area contributed by atoms with Crippen molar-refractivity contribution >= 4 is 28.4 Å². The quantitative estimate of drug-likeness (QED) is 0.918. The number of pyridine rings is 1. The van der Waals surface area contributed by atoms with Crippen LogP contribution in [0.5, 0.6) is 0 Å². The van der Waals surface area contributed by atoms with Gasteiger partial charge in [0.1, 0.15) is 5.52 Å². The zero-order valence-electron chi connectivity index (χ0n) is 11.5. The molecule has 1 fully saturated rings. The Morgan fingerprint density at radius 1 is 1.35 bits per heavy atom. The summed E-state index contributed by atoms with van der Waals surface area (Å²) in [5.41, 5.74) is 1.60. The Kier molecular flexibility index (Phi) is 3.32. The second-order valence-electron chi connectivity index (χ2n) is 5.31. The smallest absolute Gasteiger partial charge is 0.185 e. The first-order valence-electron chi connectivity index (χ1n) is 6.59. The van der Waals surface area contributed by atoms with E-state index < -0.39 is 11.6 Å². The van der Waals surface area contributed by atoms with Crippen LogP contribution >= 0.6 is 11.8 Å². The van der Waals surface area contributed by atoms with E-state index in [2.05, 4.69) is 16.6 Å². The number of thioether (sulfide) groups is 1. The number of hydrogen-bond acceptors (Lipinski definition) is 3. The van der Waals surface area contributed by atoms with Gasteiger partial charge in [0.2, 0.25) is 0 Å². The fraction of sp³-hybridized carbons (Fsp3) is 0.400. The number of halogens is 2. The molecule has 0 aliphatic heterocycles. The number of nitrogens with zero attached hydrogens (tertiary/aromatic N) is 1. The molecule has 0 unspecified atom stereocenters. The Bertz CT molecular complexity index is 668. The van der Waals surface area contributed by atoms with Gasteiger partial charge >= 0.3 is 0 Å². The van der Waals surface area contributed by atoms with E-state index in [0.717, 1.165) is 18.3 Å². The van der Waals surface area contributed by atoms with E-state index in [-0.39, 0.29) is 5.52 Å². The van der Waals surface area contributed by atoms with Crippen LogP contribution in [0.3, 0.4) is 0 Å². The van der Waals surface area contributed by atoms with E-state index in [1.54, 1.807) is 13.0 Å². The molecule has 5 heteroatoms. The van der Waals surface area contributed by atoms with Gasteiger partial charge in [-0.15, -0.1) is 0 Å². The van der Waals surface area contributed by atoms with Crippen molar-refractivity contribution in [3.8, 4) is 0 Å². The lowest BCUT2D eigenvalue weighted by molar-refractivity contribution is 0.515. The van der Waals surface area contributed by atoms with Gasteiger partial charge in [-0.1, -0.05) is 0 Å². The summed E-state index contributed by atoms with van der Waals surface area (Å²) in [5.74, 6) is -1.73. The predicted octanol–water partition coefficient (Wildman–Crippen LogP) is 4.13. The number of aryl methyl sites for hydroxylation is 1. The van der Waals surface area contributed by atoms with E-state index in [0.29, 0.717) is 15.8 Å². The molecule has 2 aromatic rings. The molecule has 1 aromatic carbocycles. The van der Waals surface area contributed by atoms with Crippen molar-refractivity contribution < 1.29 is 8.78 Å². The maximum absolute atomic E-state index is 13.8. The van der Waals surface area contributed by atoms with Crippen molar-refractivity contribution in [1.29, 1.82) is 0 Å². The van der Waals surface area contributed by atoms with Gasteiger partial charge in [-0.2, -0.15) is 11.8 Å². The Balaban J connectivity index is 1.99. The third kappa shape index (κ3) is 2.35. The topological polar surface area (TPSA) is 24.9 Å². The molecule has 0 amide bonds. The Hall–Kier alpha value is -1.36. The Morgan fingerprint density at radius 3 is 2.75 bits per heavy atom. The van der Waals surface area contributed by atoms with Gasteiger partial charge in [-0.25, -0.2) is 13.8 Å². The maximum atomic E-state index is 13.8. The second kappa shape index (κ2) is 4.88. The molecule has 20 heavy (non-hydrogen) atoms. The van der Waals surface area contributed by atoms with Gasteiger partial charge in [0, 0.05) is 28.1 Å². The van der Waals surface area contributed by atoms with Crippen LogP contribution in [0.1, 0.15) is 18.5 Å². The van der Waals surface area contributed by atoms with Crippen molar-refractivity contribution in [3.63, 3.8) is 0 Å². The summed E-state index contributed by atoms with van der Waals surface area (Å²) in [4.78, 5) is 4.12. The largest absolute Gasteiger partial charge is 0.383 e. The number of rotatable bonds is 4. The lowest BCUT2D eigenvalue weighted by Gasteiger charge is -2.16. The van der Waals surface area contributed by atoms with E-state index in [1.165, 1.54) is 12.8 Å². The van der Waals surface area contributed by atoms with Crippen LogP contribution in [0.4, 0.5) is 14.5 Å². The highest BCUT2D eigenvalue weighted by Crippen LogP contribution is 2.47. The van der Waals surface area contributed by atoms with Crippen LogP contribution in [-0.4, -0.2) is 22.5 Å². The lowest BCUT2D eigenvalue weighted by Crippen LogP contribution is -2.17. The minimum absolute atomic E-state index is 0.0986. The van der Waals surface area contributed by atoms with Crippen molar-refractivity contribution in [1.82, 2.24) is 4.98 Å². The minimum Gasteiger partial charge on any atom is -0.383 e. The summed E-state index contributed by atoms with van der Waals surface area (Å²) in [7, 11) is 0. The molecule has 1 aliphatic rings. The molecule has 1 aromatic heterocycles. The van der Waals surface area contributed by atoms with Gasteiger partial charge < -0.3 is 5.32 Å². The van der Waals surface area contributed by atoms with Gasteiger partial charge in [-0.3, -0.25) is 0 Å². The first kappa shape index (κ1) is 13.6. The highest BCUT2D eigenvalue weighted by molar-refractivity contribution is 8.00. The van der Waals surface area contributed by atoms with E-state index >= 15 is 0 Å². The maximum Gasteiger partial charge on any atom is 0.185 e. The van der Waals surface area contributed by atoms with Crippen LogP contribution in [0, 0.1) is 18.6 Å². The standard InChI is InChI=1S/C15H16F2N2S/c1-9-7-12(18-8-15(20-2)5-6-15)10-3-4-11(16)13(17)14(10)19-9/h3-4,7H,5-6,8H2,1-2H3,(H,18,19). The molecular weight excluding hydrogens is 278 g/mol. The van der Waals surface area contributed by atoms with E-state index in [9.17, 15) is 8.78 Å². The first-order valence-corrected chi connectivity index (χ1v) is 7.81. The van der Waals surface area contributed by atoms with Crippen LogP contribution in [0.15, 0.2) is 18.2 Å². The summed E-state index contributed by atoms with van der Waals surface area (Å²) < 4.78 is 27.5. The minimum atomic E-state index is -0.875. The average molecular weight is 294 g/mol. The van der Waals surface area contributed by atoms with Crippen LogP contribution in [-0.2, 0) is 0 Å². The summed E-state index contributed by atoms with van der Waals surface area (Å²) in [6.07, 6.45) is 4.51. The number of nitrogens with one attached hydrogen (secondary N) is 1. The highest BCUT2D eigenvalue weighted by Gasteiger charge is 2.41. The molecular formula is C15H16F2N2S. The molecule has 3 rings (SSSR count). The fourth-order valence-electron chi connectivity index (χ4n) is 2.36. The fourth-order valence-corrected chi connectivity index (χ4v) is 3.08. The molecule has 0 radical (unpaired) electrons. The molecule has 1 heterocycles. The van der Waals surface area contributed by atoms with E-state index in [4.69, 9.17) is 0 Å². The monoisotopic (exact) mass is 294 g/mol. The molecule has 0 atom stereocenters. The molecule has 1 aliphatic carbocycles. The highest BCUT2D eigenvalue weighted by atomic mass is 32.2. The number of anilines is 1. The third-order valence-corrected chi connectivity index (χ3v) is 5.26.